The van der Waals surface area contributed by atoms with E-state index in [-0.39, 0.29) is 35.4 Å². The monoisotopic (exact) mass is 491 g/mol. The number of nitrogens with zero attached hydrogens (tertiary/aromatic N) is 1. The van der Waals surface area contributed by atoms with Crippen molar-refractivity contribution in [2.24, 2.45) is 23.7 Å². The lowest BCUT2D eigenvalue weighted by atomic mass is 9.64. The van der Waals surface area contributed by atoms with Crippen molar-refractivity contribution in [2.75, 3.05) is 0 Å². The van der Waals surface area contributed by atoms with E-state index in [4.69, 9.17) is 4.74 Å². The summed E-state index contributed by atoms with van der Waals surface area (Å²) in [5, 5.41) is 22.1. The van der Waals surface area contributed by atoms with Crippen LogP contribution in [0.5, 0.6) is 5.75 Å². The van der Waals surface area contributed by atoms with Gasteiger partial charge in [-0.2, -0.15) is 0 Å². The third-order valence-corrected chi connectivity index (χ3v) is 8.66. The second-order valence-corrected chi connectivity index (χ2v) is 10.6. The Balaban J connectivity index is 1.49. The van der Waals surface area contributed by atoms with E-state index in [0.29, 0.717) is 24.8 Å². The molecule has 0 unspecified atom stereocenters. The molecule has 6 atom stereocenters. The van der Waals surface area contributed by atoms with Gasteiger partial charge in [-0.1, -0.05) is 42.1 Å². The van der Waals surface area contributed by atoms with Crippen LogP contribution >= 0.6 is 15.9 Å². The number of carbonyl (C=O) groups excluding carboxylic acids is 2. The highest BCUT2D eigenvalue weighted by Crippen LogP contribution is 2.59. The van der Waals surface area contributed by atoms with Crippen molar-refractivity contribution in [3.63, 3.8) is 0 Å². The predicted molar refractivity (Wildman–Crippen MR) is 117 cm³/mol. The van der Waals surface area contributed by atoms with Gasteiger partial charge in [0.1, 0.15) is 5.75 Å². The van der Waals surface area contributed by atoms with E-state index in [1.165, 1.54) is 0 Å². The van der Waals surface area contributed by atoms with Gasteiger partial charge in [0.15, 0.2) is 5.79 Å². The van der Waals surface area contributed by atoms with Gasteiger partial charge in [0, 0.05) is 27.9 Å². The maximum Gasteiger partial charge on any atom is 0.233 e. The predicted octanol–water partition coefficient (Wildman–Crippen LogP) is 4.28. The summed E-state index contributed by atoms with van der Waals surface area (Å²) >= 11 is 3.44. The van der Waals surface area contributed by atoms with Gasteiger partial charge in [0.2, 0.25) is 11.8 Å². The first-order valence-electron chi connectivity index (χ1n) is 11.6. The van der Waals surface area contributed by atoms with Crippen molar-refractivity contribution >= 4 is 27.7 Å². The standard InChI is InChI=1S/C24H30BrNO5/c1-2-13-10-17-21(23(29)26(22(17)28)15-6-4-3-5-7-15)18-12-20(31-24(13,18)30)16-11-14(25)8-9-19(16)27/h8-9,11,13,15,17-18,20-21,27,30H,2-7,10,12H2,1H3/t13-,17-,18-,20-,21-,24+/m0/s1. The van der Waals surface area contributed by atoms with Gasteiger partial charge in [-0.15, -0.1) is 0 Å². The minimum atomic E-state index is -1.46. The van der Waals surface area contributed by atoms with Crippen molar-refractivity contribution in [3.8, 4) is 5.75 Å². The summed E-state index contributed by atoms with van der Waals surface area (Å²) in [4.78, 5) is 28.5. The average molecular weight is 492 g/mol. The quantitative estimate of drug-likeness (QED) is 0.615. The Hall–Kier alpha value is -1.44. The second-order valence-electron chi connectivity index (χ2n) is 9.72. The minimum absolute atomic E-state index is 0.000221. The largest absolute Gasteiger partial charge is 0.508 e. The number of hydrogen-bond donors (Lipinski definition) is 2. The minimum Gasteiger partial charge on any atom is -0.508 e. The molecule has 2 aliphatic carbocycles. The van der Waals surface area contributed by atoms with Crippen LogP contribution in [-0.2, 0) is 14.3 Å². The number of halogens is 1. The molecule has 1 aromatic rings. The van der Waals surface area contributed by atoms with E-state index in [9.17, 15) is 19.8 Å². The molecular weight excluding hydrogens is 462 g/mol. The van der Waals surface area contributed by atoms with Crippen LogP contribution in [0.1, 0.15) is 70.0 Å². The first-order chi connectivity index (χ1) is 14.8. The van der Waals surface area contributed by atoms with E-state index >= 15 is 0 Å². The lowest BCUT2D eigenvalue weighted by Gasteiger charge is -2.44. The van der Waals surface area contributed by atoms with Crippen LogP contribution in [0, 0.1) is 23.7 Å². The summed E-state index contributed by atoms with van der Waals surface area (Å²) in [6.45, 7) is 1.99. The number of fused-ring (bicyclic) bond motifs is 3. The SMILES string of the molecule is CC[C@H]1C[C@@H]2C(=O)N(C3CCCCC3)C(=O)[C@@H]2[C@@H]2C[C@@H](c3cc(Br)ccc3O)O[C@]12O. The number of phenolic OH excluding ortho intramolecular Hbond substituents is 1. The van der Waals surface area contributed by atoms with Crippen LogP contribution in [0.25, 0.3) is 0 Å². The maximum atomic E-state index is 13.6. The average Bonchev–Trinajstić information content (AvgIpc) is 3.23. The van der Waals surface area contributed by atoms with Crippen molar-refractivity contribution in [2.45, 2.75) is 76.2 Å². The first kappa shape index (κ1) is 21.4. The Morgan fingerprint density at radius 3 is 2.61 bits per heavy atom. The number of aromatic hydroxyl groups is 1. The van der Waals surface area contributed by atoms with E-state index in [0.717, 1.165) is 36.6 Å². The Morgan fingerprint density at radius 1 is 1.16 bits per heavy atom. The molecule has 6 nitrogen and oxygen atoms in total. The molecule has 4 fully saturated rings. The Morgan fingerprint density at radius 2 is 1.90 bits per heavy atom. The third-order valence-electron chi connectivity index (χ3n) is 8.17. The summed E-state index contributed by atoms with van der Waals surface area (Å²) in [5.41, 5.74) is 0.601. The number of aliphatic hydroxyl groups is 1. The molecule has 31 heavy (non-hydrogen) atoms. The summed E-state index contributed by atoms with van der Waals surface area (Å²) in [6, 6.07) is 5.15. The Labute approximate surface area is 191 Å². The molecule has 2 saturated carbocycles. The van der Waals surface area contributed by atoms with Crippen molar-refractivity contribution in [3.05, 3.63) is 28.2 Å². The topological polar surface area (TPSA) is 87.1 Å². The maximum absolute atomic E-state index is 13.6. The van der Waals surface area contributed by atoms with Gasteiger partial charge in [-0.05, 0) is 50.3 Å². The molecule has 7 heteroatoms. The highest BCUT2D eigenvalue weighted by molar-refractivity contribution is 9.10. The fourth-order valence-electron chi connectivity index (χ4n) is 6.65. The number of phenols is 1. The lowest BCUT2D eigenvalue weighted by molar-refractivity contribution is -0.269. The molecule has 2 heterocycles. The molecule has 0 radical (unpaired) electrons. The number of rotatable bonds is 3. The van der Waals surface area contributed by atoms with Crippen LogP contribution in [-0.4, -0.2) is 38.8 Å². The fraction of sp³-hybridized carbons (Fsp3) is 0.667. The summed E-state index contributed by atoms with van der Waals surface area (Å²) in [5.74, 6) is -3.11. The number of benzene rings is 1. The van der Waals surface area contributed by atoms with Crippen LogP contribution in [0.2, 0.25) is 0 Å². The molecule has 0 spiro atoms. The molecule has 168 valence electrons. The molecule has 1 aromatic carbocycles. The molecular formula is C24H30BrNO5. The number of likely N-dealkylation sites (tertiary alicyclic amines) is 1. The van der Waals surface area contributed by atoms with Gasteiger partial charge in [-0.25, -0.2) is 0 Å². The molecule has 2 saturated heterocycles. The van der Waals surface area contributed by atoms with Gasteiger partial charge < -0.3 is 14.9 Å². The van der Waals surface area contributed by atoms with E-state index in [2.05, 4.69) is 15.9 Å². The normalized spacial score (nSPS) is 38.4. The van der Waals surface area contributed by atoms with Crippen LogP contribution in [0.4, 0.5) is 0 Å². The second kappa shape index (κ2) is 7.85. The van der Waals surface area contributed by atoms with Crippen molar-refractivity contribution < 1.29 is 24.5 Å². The molecule has 4 aliphatic rings. The summed E-state index contributed by atoms with van der Waals surface area (Å²) in [7, 11) is 0. The van der Waals surface area contributed by atoms with E-state index in [1.54, 1.807) is 23.1 Å². The van der Waals surface area contributed by atoms with E-state index in [1.807, 2.05) is 6.92 Å². The smallest absolute Gasteiger partial charge is 0.233 e. The molecule has 5 rings (SSSR count). The highest BCUT2D eigenvalue weighted by atomic mass is 79.9. The van der Waals surface area contributed by atoms with Crippen molar-refractivity contribution in [1.29, 1.82) is 0 Å². The first-order valence-corrected chi connectivity index (χ1v) is 12.4. The zero-order valence-electron chi connectivity index (χ0n) is 17.8. The zero-order chi connectivity index (χ0) is 21.9. The molecule has 0 bridgehead atoms. The molecule has 2 aliphatic heterocycles. The number of amides is 2. The van der Waals surface area contributed by atoms with Crippen LogP contribution < -0.4 is 0 Å². The number of imide groups is 1. The number of hydrogen-bond acceptors (Lipinski definition) is 5. The molecule has 2 amide bonds. The number of carbonyl (C=O) groups is 2. The van der Waals surface area contributed by atoms with E-state index < -0.39 is 23.7 Å². The Kier molecular flexibility index (Phi) is 5.42. The third kappa shape index (κ3) is 3.26. The molecule has 2 N–H and O–H groups in total. The highest BCUT2D eigenvalue weighted by Gasteiger charge is 2.66. The van der Waals surface area contributed by atoms with Crippen LogP contribution in [0.3, 0.4) is 0 Å². The van der Waals surface area contributed by atoms with Gasteiger partial charge >= 0.3 is 0 Å². The summed E-state index contributed by atoms with van der Waals surface area (Å²) in [6.07, 6.45) is 6.05. The fourth-order valence-corrected chi connectivity index (χ4v) is 7.03. The van der Waals surface area contributed by atoms with Crippen LogP contribution in [0.15, 0.2) is 22.7 Å². The van der Waals surface area contributed by atoms with Crippen molar-refractivity contribution in [1.82, 2.24) is 4.90 Å². The number of ether oxygens (including phenoxy) is 1. The zero-order valence-corrected chi connectivity index (χ0v) is 19.4. The van der Waals surface area contributed by atoms with Gasteiger partial charge in [0.05, 0.1) is 17.9 Å². The lowest BCUT2D eigenvalue weighted by Crippen LogP contribution is -2.53. The molecule has 0 aromatic heterocycles. The van der Waals surface area contributed by atoms with Gasteiger partial charge in [-0.3, -0.25) is 14.5 Å². The Bertz CT molecular complexity index is 900. The summed E-state index contributed by atoms with van der Waals surface area (Å²) < 4.78 is 7.05. The van der Waals surface area contributed by atoms with Gasteiger partial charge in [0.25, 0.3) is 0 Å².